The number of thioether (sulfide) groups is 1. The Balaban J connectivity index is 1.57. The summed E-state index contributed by atoms with van der Waals surface area (Å²) in [5.74, 6) is 2.69. The Hall–Kier alpha value is -1.88. The molecule has 1 fully saturated rings. The number of benzene rings is 1. The van der Waals surface area contributed by atoms with Gasteiger partial charge in [-0.3, -0.25) is 4.79 Å². The third-order valence-corrected chi connectivity index (χ3v) is 5.21. The predicted molar refractivity (Wildman–Crippen MR) is 91.6 cm³/mol. The molecule has 0 N–H and O–H groups in total. The van der Waals surface area contributed by atoms with E-state index in [0.29, 0.717) is 5.25 Å². The van der Waals surface area contributed by atoms with Crippen LogP contribution in [0.15, 0.2) is 53.1 Å². The highest BCUT2D eigenvalue weighted by Crippen LogP contribution is 2.34. The average molecular weight is 331 g/mol. The van der Waals surface area contributed by atoms with E-state index in [-0.39, 0.29) is 5.91 Å². The molecule has 1 saturated heterocycles. The van der Waals surface area contributed by atoms with E-state index >= 15 is 0 Å². The monoisotopic (exact) mass is 331 g/mol. The van der Waals surface area contributed by atoms with Crippen molar-refractivity contribution in [2.45, 2.75) is 24.7 Å². The molecule has 1 amide bonds. The smallest absolute Gasteiger partial charge is 0.263 e. The van der Waals surface area contributed by atoms with Crippen LogP contribution in [0.2, 0.25) is 0 Å². The third kappa shape index (κ3) is 4.10. The highest BCUT2D eigenvalue weighted by Gasteiger charge is 2.27. The minimum atomic E-state index is -0.470. The number of amides is 1. The number of para-hydroxylation sites is 1. The molecule has 0 spiro atoms. The Morgan fingerprint density at radius 3 is 2.83 bits per heavy atom. The van der Waals surface area contributed by atoms with Gasteiger partial charge in [-0.15, -0.1) is 11.8 Å². The van der Waals surface area contributed by atoms with Crippen molar-refractivity contribution >= 4 is 17.7 Å². The summed E-state index contributed by atoms with van der Waals surface area (Å²) < 4.78 is 11.3. The van der Waals surface area contributed by atoms with Gasteiger partial charge in [-0.1, -0.05) is 18.2 Å². The Bertz CT molecular complexity index is 614. The lowest BCUT2D eigenvalue weighted by Crippen LogP contribution is -2.41. The number of carbonyl (C=O) groups is 1. The molecule has 1 aromatic carbocycles. The number of furan rings is 1. The van der Waals surface area contributed by atoms with Crippen LogP contribution in [0.1, 0.15) is 24.4 Å². The van der Waals surface area contributed by atoms with E-state index < -0.39 is 6.10 Å². The molecule has 122 valence electrons. The fraction of sp³-hybridized carbons (Fsp3) is 0.389. The van der Waals surface area contributed by atoms with Crippen LogP contribution in [-0.2, 0) is 4.79 Å². The lowest BCUT2D eigenvalue weighted by atomic mass is 10.2. The van der Waals surface area contributed by atoms with E-state index in [2.05, 4.69) is 0 Å². The van der Waals surface area contributed by atoms with Gasteiger partial charge >= 0.3 is 0 Å². The zero-order chi connectivity index (χ0) is 16.1. The number of ether oxygens (including phenoxy) is 1. The van der Waals surface area contributed by atoms with Crippen molar-refractivity contribution in [2.24, 2.45) is 0 Å². The van der Waals surface area contributed by atoms with Gasteiger partial charge in [0, 0.05) is 18.8 Å². The lowest BCUT2D eigenvalue weighted by molar-refractivity contribution is -0.137. The van der Waals surface area contributed by atoms with Gasteiger partial charge in [-0.05, 0) is 37.6 Å². The van der Waals surface area contributed by atoms with Gasteiger partial charge in [-0.25, -0.2) is 0 Å². The molecule has 23 heavy (non-hydrogen) atoms. The Morgan fingerprint density at radius 2 is 2.09 bits per heavy atom. The van der Waals surface area contributed by atoms with Crippen molar-refractivity contribution in [2.75, 3.05) is 18.8 Å². The molecular weight excluding hydrogens is 310 g/mol. The largest absolute Gasteiger partial charge is 0.481 e. The third-order valence-electron chi connectivity index (χ3n) is 3.92. The van der Waals surface area contributed by atoms with E-state index in [9.17, 15) is 4.79 Å². The van der Waals surface area contributed by atoms with Crippen LogP contribution < -0.4 is 4.74 Å². The molecule has 2 heterocycles. The second-order valence-corrected chi connectivity index (χ2v) is 6.87. The van der Waals surface area contributed by atoms with Crippen molar-refractivity contribution in [3.63, 3.8) is 0 Å². The van der Waals surface area contributed by atoms with Gasteiger partial charge in [0.25, 0.3) is 5.91 Å². The van der Waals surface area contributed by atoms with Crippen LogP contribution >= 0.6 is 11.8 Å². The average Bonchev–Trinajstić information content (AvgIpc) is 3.00. The summed E-state index contributed by atoms with van der Waals surface area (Å²) in [5, 5.41) is 0.327. The van der Waals surface area contributed by atoms with Gasteiger partial charge in [0.2, 0.25) is 0 Å². The van der Waals surface area contributed by atoms with Crippen molar-refractivity contribution in [3.8, 4) is 5.75 Å². The molecule has 1 aliphatic heterocycles. The van der Waals surface area contributed by atoms with E-state index in [1.807, 2.05) is 66.1 Å². The first-order chi connectivity index (χ1) is 11.2. The predicted octanol–water partition coefficient (Wildman–Crippen LogP) is 3.75. The second-order valence-electron chi connectivity index (χ2n) is 5.56. The Kier molecular flexibility index (Phi) is 5.28. The molecule has 5 heteroatoms. The summed E-state index contributed by atoms with van der Waals surface area (Å²) in [4.78, 5) is 14.5. The maximum Gasteiger partial charge on any atom is 0.263 e. The molecule has 0 aliphatic carbocycles. The minimum Gasteiger partial charge on any atom is -0.481 e. The van der Waals surface area contributed by atoms with E-state index in [1.165, 1.54) is 0 Å². The summed E-state index contributed by atoms with van der Waals surface area (Å²) in [6.45, 7) is 3.31. The Labute approximate surface area is 140 Å². The summed E-state index contributed by atoms with van der Waals surface area (Å²) in [7, 11) is 0. The van der Waals surface area contributed by atoms with Crippen LogP contribution in [0.4, 0.5) is 0 Å². The standard InChI is InChI=1S/C18H21NO3S/c1-14(22-15-6-3-2-4-7-15)18(20)19-10-9-17(23-13-11-19)16-8-5-12-21-16/h2-8,12,14,17H,9-11,13H2,1H3. The van der Waals surface area contributed by atoms with Gasteiger partial charge in [-0.2, -0.15) is 0 Å². The summed E-state index contributed by atoms with van der Waals surface area (Å²) in [5.41, 5.74) is 0. The zero-order valence-electron chi connectivity index (χ0n) is 13.2. The number of rotatable bonds is 4. The Morgan fingerprint density at radius 1 is 1.26 bits per heavy atom. The van der Waals surface area contributed by atoms with Crippen LogP contribution in [0.25, 0.3) is 0 Å². The fourth-order valence-electron chi connectivity index (χ4n) is 2.70. The van der Waals surface area contributed by atoms with Crippen molar-refractivity contribution in [1.82, 2.24) is 4.90 Å². The molecule has 1 aliphatic rings. The van der Waals surface area contributed by atoms with Crippen LogP contribution in [0.5, 0.6) is 5.75 Å². The first-order valence-corrected chi connectivity index (χ1v) is 8.94. The summed E-state index contributed by atoms with van der Waals surface area (Å²) >= 11 is 1.85. The molecule has 1 aromatic heterocycles. The van der Waals surface area contributed by atoms with Crippen molar-refractivity contribution < 1.29 is 13.9 Å². The van der Waals surface area contributed by atoms with Crippen LogP contribution in [0, 0.1) is 0 Å². The molecule has 4 nitrogen and oxygen atoms in total. The first-order valence-electron chi connectivity index (χ1n) is 7.89. The molecule has 0 saturated carbocycles. The lowest BCUT2D eigenvalue weighted by Gasteiger charge is -2.24. The SMILES string of the molecule is CC(Oc1ccccc1)C(=O)N1CCSC(c2ccco2)CC1. The summed E-state index contributed by atoms with van der Waals surface area (Å²) in [6.07, 6.45) is 2.14. The highest BCUT2D eigenvalue weighted by atomic mass is 32.2. The van der Waals surface area contributed by atoms with Crippen molar-refractivity contribution in [3.05, 3.63) is 54.5 Å². The molecule has 3 rings (SSSR count). The van der Waals surface area contributed by atoms with Crippen LogP contribution in [0.3, 0.4) is 0 Å². The van der Waals surface area contributed by atoms with Gasteiger partial charge in [0.1, 0.15) is 11.5 Å². The quantitative estimate of drug-likeness (QED) is 0.856. The van der Waals surface area contributed by atoms with Crippen molar-refractivity contribution in [1.29, 1.82) is 0 Å². The molecule has 2 unspecified atom stereocenters. The number of hydrogen-bond acceptors (Lipinski definition) is 4. The van der Waals surface area contributed by atoms with E-state index in [4.69, 9.17) is 9.15 Å². The van der Waals surface area contributed by atoms with E-state index in [1.54, 1.807) is 6.26 Å². The van der Waals surface area contributed by atoms with Gasteiger partial charge in [0.15, 0.2) is 6.10 Å². The molecule has 2 aromatic rings. The van der Waals surface area contributed by atoms with Gasteiger partial charge < -0.3 is 14.1 Å². The van der Waals surface area contributed by atoms with Gasteiger partial charge in [0.05, 0.1) is 11.5 Å². The second kappa shape index (κ2) is 7.59. The molecule has 2 atom stereocenters. The molecule has 0 radical (unpaired) electrons. The number of hydrogen-bond donors (Lipinski definition) is 0. The topological polar surface area (TPSA) is 42.7 Å². The minimum absolute atomic E-state index is 0.0505. The van der Waals surface area contributed by atoms with E-state index in [0.717, 1.165) is 36.8 Å². The summed E-state index contributed by atoms with van der Waals surface area (Å²) in [6, 6.07) is 13.4. The fourth-order valence-corrected chi connectivity index (χ4v) is 3.88. The van der Waals surface area contributed by atoms with Crippen LogP contribution in [-0.4, -0.2) is 35.8 Å². The normalized spacial score (nSPS) is 19.9. The number of carbonyl (C=O) groups excluding carboxylic acids is 1. The zero-order valence-corrected chi connectivity index (χ0v) is 14.0. The number of nitrogens with zero attached hydrogens (tertiary/aromatic N) is 1. The first kappa shape index (κ1) is 16.0. The molecule has 0 bridgehead atoms. The molecular formula is C18H21NO3S. The maximum atomic E-state index is 12.6. The maximum absolute atomic E-state index is 12.6. The highest BCUT2D eigenvalue weighted by molar-refractivity contribution is 7.99.